The monoisotopic (exact) mass is 1030 g/mol. The van der Waals surface area contributed by atoms with Crippen molar-refractivity contribution in [2.75, 3.05) is 52.4 Å². The van der Waals surface area contributed by atoms with E-state index in [1.807, 2.05) is 90.1 Å². The summed E-state index contributed by atoms with van der Waals surface area (Å²) in [5, 5.41) is 2.24. The number of amides is 5. The van der Waals surface area contributed by atoms with E-state index in [2.05, 4.69) is 44.3 Å². The number of halogens is 1. The molecular formula is C58H57ClN8O8. The van der Waals surface area contributed by atoms with Gasteiger partial charge in [0.25, 0.3) is 11.8 Å². The van der Waals surface area contributed by atoms with Gasteiger partial charge in [-0.15, -0.1) is 0 Å². The van der Waals surface area contributed by atoms with Gasteiger partial charge in [-0.2, -0.15) is 0 Å². The highest BCUT2D eigenvalue weighted by Gasteiger charge is 2.25. The predicted molar refractivity (Wildman–Crippen MR) is 279 cm³/mol. The lowest BCUT2D eigenvalue weighted by molar-refractivity contribution is -0.661. The minimum Gasteiger partial charge on any atom is -1.00 e. The molecule has 16 nitrogen and oxygen atoms in total. The van der Waals surface area contributed by atoms with Crippen LogP contribution in [0.15, 0.2) is 134 Å². The van der Waals surface area contributed by atoms with Crippen LogP contribution in [0.5, 0.6) is 0 Å². The van der Waals surface area contributed by atoms with Crippen LogP contribution >= 0.6 is 0 Å². The molecule has 0 bridgehead atoms. The van der Waals surface area contributed by atoms with E-state index < -0.39 is 23.8 Å². The lowest BCUT2D eigenvalue weighted by atomic mass is 9.97. The van der Waals surface area contributed by atoms with Crippen molar-refractivity contribution in [2.24, 2.45) is 11.5 Å². The van der Waals surface area contributed by atoms with E-state index in [1.54, 1.807) is 41.0 Å². The van der Waals surface area contributed by atoms with Crippen molar-refractivity contribution >= 4 is 52.6 Å². The zero-order valence-electron chi connectivity index (χ0n) is 41.9. The second-order valence-corrected chi connectivity index (χ2v) is 18.2. The molecule has 2 saturated heterocycles. The van der Waals surface area contributed by atoms with Gasteiger partial charge in [-0.1, -0.05) is 60.7 Å². The molecule has 2 aliphatic carbocycles. The van der Waals surface area contributed by atoms with Gasteiger partial charge in [-0.3, -0.25) is 43.5 Å². The van der Waals surface area contributed by atoms with Crippen molar-refractivity contribution in [1.82, 2.24) is 24.7 Å². The van der Waals surface area contributed by atoms with Crippen LogP contribution in [0, 0.1) is 0 Å². The van der Waals surface area contributed by atoms with Gasteiger partial charge in [-0.25, -0.2) is 0 Å². The number of pyridine rings is 2. The number of hydrogen-bond donors (Lipinski definition) is 3. The molecule has 384 valence electrons. The number of carbonyl (C=O) groups excluding carboxylic acids is 7. The molecule has 0 spiro atoms. The number of carbonyl (C=O) groups is 7. The first-order valence-electron chi connectivity index (χ1n) is 24.4. The first-order valence-corrected chi connectivity index (χ1v) is 24.4. The zero-order valence-corrected chi connectivity index (χ0v) is 42.6. The summed E-state index contributed by atoms with van der Waals surface area (Å²) in [5.74, 6) is -1.87. The van der Waals surface area contributed by atoms with Crippen LogP contribution < -0.4 is 29.2 Å². The molecule has 75 heavy (non-hydrogen) atoms. The molecule has 0 atom stereocenters. The fourth-order valence-electron chi connectivity index (χ4n) is 9.24. The summed E-state index contributed by atoms with van der Waals surface area (Å²) in [6, 6.07) is 34.3. The van der Waals surface area contributed by atoms with Gasteiger partial charge < -0.3 is 48.6 Å². The number of fused-ring (bicyclic) bond motifs is 2. The number of aromatic nitrogens is 2. The molecule has 0 radical (unpaired) electrons. The van der Waals surface area contributed by atoms with Gasteiger partial charge in [0, 0.05) is 117 Å². The average molecular weight is 1030 g/mol. The van der Waals surface area contributed by atoms with Gasteiger partial charge in [0.1, 0.15) is 0 Å². The Balaban J connectivity index is 0.000000192. The second-order valence-electron chi connectivity index (χ2n) is 18.2. The summed E-state index contributed by atoms with van der Waals surface area (Å²) in [5.41, 5.74) is 25.5. The highest BCUT2D eigenvalue weighted by atomic mass is 35.5. The third kappa shape index (κ3) is 13.1. The van der Waals surface area contributed by atoms with E-state index in [9.17, 15) is 33.6 Å². The van der Waals surface area contributed by atoms with E-state index in [4.69, 9.17) is 11.5 Å². The Bertz CT molecular complexity index is 3190. The van der Waals surface area contributed by atoms with Crippen molar-refractivity contribution in [3.63, 3.8) is 0 Å². The molecule has 4 aromatic carbocycles. The molecule has 2 aromatic heterocycles. The Morgan fingerprint density at radius 1 is 0.467 bits per heavy atom. The number of rotatable bonds is 8. The van der Waals surface area contributed by atoms with E-state index >= 15 is 0 Å². The number of quaternary nitrogens is 1. The molecule has 4 aliphatic rings. The number of ether oxygens (including phenoxy) is 1. The number of primary amides is 2. The molecule has 6 N–H and O–H groups in total. The Morgan fingerprint density at radius 2 is 0.813 bits per heavy atom. The molecule has 2 aliphatic heterocycles. The van der Waals surface area contributed by atoms with Crippen LogP contribution in [-0.2, 0) is 32.0 Å². The summed E-state index contributed by atoms with van der Waals surface area (Å²) in [4.78, 5) is 94.4. The molecule has 4 heterocycles. The second kappa shape index (κ2) is 24.4. The third-order valence-corrected chi connectivity index (χ3v) is 13.2. The first-order chi connectivity index (χ1) is 35.6. The average Bonchev–Trinajstić information content (AvgIpc) is 4.05. The minimum atomic E-state index is -0.562. The Labute approximate surface area is 440 Å². The minimum absolute atomic E-state index is 0. The van der Waals surface area contributed by atoms with Crippen LogP contribution in [0.4, 0.5) is 0 Å². The van der Waals surface area contributed by atoms with Crippen molar-refractivity contribution in [1.29, 1.82) is 0 Å². The molecule has 0 saturated carbocycles. The lowest BCUT2D eigenvalue weighted by Crippen LogP contribution is -3.00. The zero-order chi connectivity index (χ0) is 52.5. The summed E-state index contributed by atoms with van der Waals surface area (Å²) < 4.78 is 3.97. The predicted octanol–water partition coefficient (Wildman–Crippen LogP) is 2.09. The molecular weight excluding hydrogens is 972 g/mol. The number of hydrogen-bond acceptors (Lipinski definition) is 10. The standard InChI is InChI=1S/C28H26N4O3.C26H24N4O2.C4H6O3.ClH/c1-18(33)31-12-14-32(15-13-31)28(35)22-8-2-19(3-9-22)23-16-25-24(10-11-26(25)30-17-23)20-4-6-21(7-5-20)27(29)34;27-25(31)19-5-3-18(4-6-19)22-9-10-24-23(22)15-21(16-29-24)17-1-7-20(8-2-17)26(32)30-13-11-28-12-14-30;1-3(5)7-4(2)6;/h2-10,16-17H,11-15H2,1H3,(H2,29,34);1-9,15-16,28H,10-14H2,(H2,27,31);1-2H3;1H. The number of benzene rings is 4. The maximum Gasteiger partial charge on any atom is 0.310 e. The normalized spacial score (nSPS) is 14.2. The Kier molecular flexibility index (Phi) is 17.6. The molecule has 10 rings (SSSR count). The number of allylic oxidation sites excluding steroid dienone is 2. The summed E-state index contributed by atoms with van der Waals surface area (Å²) in [6.07, 6.45) is 9.61. The fraction of sp³-hybridized carbons (Fsp3) is 0.224. The fourth-order valence-corrected chi connectivity index (χ4v) is 9.24. The highest BCUT2D eigenvalue weighted by molar-refractivity contribution is 5.97. The summed E-state index contributed by atoms with van der Waals surface area (Å²) >= 11 is 0. The SMILES string of the molecule is CC(=O)N1CCN(C(=O)c2ccc(-c3cnc4c(c3)C(c3ccc(C(N)=O)cc3)=CC4)cc2)CC1.CC(=O)OC(C)=O.NC(=O)c1ccc(C2=CCc3ncc(-c4ccc(C(=O)N5CC[NH2+]CC5)cc4)cc32)cc1.[Cl-]. The number of nitrogens with two attached hydrogens (primary N) is 3. The topological polar surface area (TPSA) is 233 Å². The van der Waals surface area contributed by atoms with E-state index in [0.717, 1.165) is 112 Å². The van der Waals surface area contributed by atoms with Crippen LogP contribution in [0.25, 0.3) is 33.4 Å². The molecule has 0 unspecified atom stereocenters. The highest BCUT2D eigenvalue weighted by Crippen LogP contribution is 2.36. The van der Waals surface area contributed by atoms with E-state index in [-0.39, 0.29) is 30.1 Å². The van der Waals surface area contributed by atoms with Crippen molar-refractivity contribution in [3.05, 3.63) is 190 Å². The smallest absolute Gasteiger partial charge is 0.310 e. The molecule has 2 fully saturated rings. The third-order valence-electron chi connectivity index (χ3n) is 13.2. The van der Waals surface area contributed by atoms with Gasteiger partial charge in [-0.05, 0) is 94.1 Å². The maximum atomic E-state index is 12.9. The molecule has 17 heteroatoms. The van der Waals surface area contributed by atoms with Crippen LogP contribution in [0.2, 0.25) is 0 Å². The first kappa shape index (κ1) is 54.2. The molecule has 5 amide bonds. The van der Waals surface area contributed by atoms with Gasteiger partial charge in [0.05, 0.1) is 37.6 Å². The summed E-state index contributed by atoms with van der Waals surface area (Å²) in [6.45, 7) is 9.68. The number of esters is 2. The van der Waals surface area contributed by atoms with Crippen LogP contribution in [-0.4, -0.2) is 119 Å². The lowest BCUT2D eigenvalue weighted by Gasteiger charge is -2.34. The van der Waals surface area contributed by atoms with Gasteiger partial charge >= 0.3 is 11.9 Å². The van der Waals surface area contributed by atoms with Crippen LogP contribution in [0.3, 0.4) is 0 Å². The van der Waals surface area contributed by atoms with E-state index in [1.165, 1.54) is 13.8 Å². The Hall–Kier alpha value is -8.60. The van der Waals surface area contributed by atoms with Gasteiger partial charge in [0.15, 0.2) is 0 Å². The summed E-state index contributed by atoms with van der Waals surface area (Å²) in [7, 11) is 0. The van der Waals surface area contributed by atoms with Crippen LogP contribution in [0.1, 0.15) is 95.8 Å². The quantitative estimate of drug-likeness (QED) is 0.148. The number of nitrogens with zero attached hydrogens (tertiary/aromatic N) is 5. The van der Waals surface area contributed by atoms with E-state index in [0.29, 0.717) is 42.9 Å². The van der Waals surface area contributed by atoms with Crippen molar-refractivity contribution in [2.45, 2.75) is 33.6 Å². The van der Waals surface area contributed by atoms with Crippen molar-refractivity contribution in [3.8, 4) is 22.3 Å². The number of piperazine rings is 2. The van der Waals surface area contributed by atoms with Gasteiger partial charge in [0.2, 0.25) is 17.7 Å². The Morgan fingerprint density at radius 3 is 1.16 bits per heavy atom. The maximum absolute atomic E-state index is 12.9. The molecule has 6 aromatic rings. The largest absolute Gasteiger partial charge is 1.00 e. The van der Waals surface area contributed by atoms with Crippen molar-refractivity contribution < 1.29 is 56.0 Å².